The molecule has 1 aromatic rings. The van der Waals surface area contributed by atoms with Gasteiger partial charge in [-0.05, 0) is 25.5 Å². The summed E-state index contributed by atoms with van der Waals surface area (Å²) in [6.45, 7) is 5.75. The zero-order valence-corrected chi connectivity index (χ0v) is 11.9. The zero-order valence-electron chi connectivity index (χ0n) is 11.9. The summed E-state index contributed by atoms with van der Waals surface area (Å²) in [4.78, 5) is 24.0. The molecule has 0 aliphatic heterocycles. The van der Waals surface area contributed by atoms with Gasteiger partial charge in [-0.15, -0.1) is 0 Å². The van der Waals surface area contributed by atoms with Crippen LogP contribution in [-0.2, 0) is 9.59 Å². The van der Waals surface area contributed by atoms with Crippen molar-refractivity contribution in [3.05, 3.63) is 23.8 Å². The molecule has 1 amide bonds. The van der Waals surface area contributed by atoms with Crippen LogP contribution in [0.1, 0.15) is 19.4 Å². The SMILES string of the molecule is CCN(CC(NC(C)=O)C(=O)O)c1cc(O)ccc1C. The van der Waals surface area contributed by atoms with Gasteiger partial charge < -0.3 is 20.4 Å². The van der Waals surface area contributed by atoms with Crippen LogP contribution in [0.2, 0.25) is 0 Å². The number of anilines is 1. The molecule has 0 radical (unpaired) electrons. The van der Waals surface area contributed by atoms with Gasteiger partial charge in [0.2, 0.25) is 5.91 Å². The molecule has 0 saturated heterocycles. The van der Waals surface area contributed by atoms with Gasteiger partial charge in [0.25, 0.3) is 0 Å². The Morgan fingerprint density at radius 3 is 2.55 bits per heavy atom. The summed E-state index contributed by atoms with van der Waals surface area (Å²) in [5, 5.41) is 21.1. The third-order valence-electron chi connectivity index (χ3n) is 2.99. The Labute approximate surface area is 118 Å². The van der Waals surface area contributed by atoms with Crippen LogP contribution in [-0.4, -0.2) is 41.2 Å². The summed E-state index contributed by atoms with van der Waals surface area (Å²) in [5.41, 5.74) is 1.68. The fourth-order valence-electron chi connectivity index (χ4n) is 1.99. The van der Waals surface area contributed by atoms with E-state index in [2.05, 4.69) is 5.32 Å². The first-order chi connectivity index (χ1) is 9.35. The largest absolute Gasteiger partial charge is 0.508 e. The lowest BCUT2D eigenvalue weighted by molar-refractivity contribution is -0.141. The minimum Gasteiger partial charge on any atom is -0.508 e. The molecular weight excluding hydrogens is 260 g/mol. The van der Waals surface area contributed by atoms with E-state index in [-0.39, 0.29) is 18.2 Å². The molecule has 6 heteroatoms. The van der Waals surface area contributed by atoms with Crippen LogP contribution in [0, 0.1) is 6.92 Å². The number of hydrogen-bond acceptors (Lipinski definition) is 4. The number of nitrogens with one attached hydrogen (secondary N) is 1. The van der Waals surface area contributed by atoms with Crippen molar-refractivity contribution < 1.29 is 19.8 Å². The number of carbonyl (C=O) groups is 2. The monoisotopic (exact) mass is 280 g/mol. The number of aromatic hydroxyl groups is 1. The Morgan fingerprint density at radius 1 is 1.40 bits per heavy atom. The lowest BCUT2D eigenvalue weighted by atomic mass is 10.1. The van der Waals surface area contributed by atoms with Crippen LogP contribution in [0.3, 0.4) is 0 Å². The fourth-order valence-corrected chi connectivity index (χ4v) is 1.99. The highest BCUT2D eigenvalue weighted by atomic mass is 16.4. The molecule has 0 aliphatic carbocycles. The normalized spacial score (nSPS) is 11.8. The standard InChI is InChI=1S/C14H20N2O4/c1-4-16(8-12(14(19)20)15-10(3)17)13-7-11(18)6-5-9(13)2/h5-7,12,18H,4,8H2,1-3H3,(H,15,17)(H,19,20). The third kappa shape index (κ3) is 4.15. The van der Waals surface area contributed by atoms with Gasteiger partial charge in [-0.3, -0.25) is 4.79 Å². The van der Waals surface area contributed by atoms with E-state index in [1.165, 1.54) is 6.92 Å². The van der Waals surface area contributed by atoms with E-state index in [9.17, 15) is 14.7 Å². The minimum atomic E-state index is -1.09. The van der Waals surface area contributed by atoms with E-state index in [4.69, 9.17) is 5.11 Å². The van der Waals surface area contributed by atoms with Crippen molar-refractivity contribution in [1.82, 2.24) is 5.32 Å². The van der Waals surface area contributed by atoms with E-state index < -0.39 is 12.0 Å². The van der Waals surface area contributed by atoms with Crippen molar-refractivity contribution in [2.45, 2.75) is 26.8 Å². The molecule has 20 heavy (non-hydrogen) atoms. The van der Waals surface area contributed by atoms with Crippen molar-refractivity contribution in [2.24, 2.45) is 0 Å². The molecule has 0 fully saturated rings. The average molecular weight is 280 g/mol. The van der Waals surface area contributed by atoms with Gasteiger partial charge in [0, 0.05) is 31.8 Å². The highest BCUT2D eigenvalue weighted by Crippen LogP contribution is 2.24. The summed E-state index contributed by atoms with van der Waals surface area (Å²) < 4.78 is 0. The predicted molar refractivity (Wildman–Crippen MR) is 76.0 cm³/mol. The molecule has 0 aliphatic rings. The maximum absolute atomic E-state index is 11.2. The number of rotatable bonds is 6. The Bertz CT molecular complexity index is 502. The van der Waals surface area contributed by atoms with E-state index in [0.717, 1.165) is 11.3 Å². The number of carboxylic acid groups (broad SMARTS) is 1. The van der Waals surface area contributed by atoms with Crippen molar-refractivity contribution in [1.29, 1.82) is 0 Å². The first kappa shape index (κ1) is 15.8. The Hall–Kier alpha value is -2.24. The number of nitrogens with zero attached hydrogens (tertiary/aromatic N) is 1. The van der Waals surface area contributed by atoms with Crippen LogP contribution < -0.4 is 10.2 Å². The molecular formula is C14H20N2O4. The molecule has 0 aromatic heterocycles. The number of carbonyl (C=O) groups excluding carboxylic acids is 1. The highest BCUT2D eigenvalue weighted by molar-refractivity contribution is 5.82. The summed E-state index contributed by atoms with van der Waals surface area (Å²) in [7, 11) is 0. The fraction of sp³-hybridized carbons (Fsp3) is 0.429. The van der Waals surface area contributed by atoms with Gasteiger partial charge in [0.1, 0.15) is 11.8 Å². The van der Waals surface area contributed by atoms with E-state index in [0.29, 0.717) is 6.54 Å². The topological polar surface area (TPSA) is 89.9 Å². The smallest absolute Gasteiger partial charge is 0.328 e. The quantitative estimate of drug-likeness (QED) is 0.726. The Balaban J connectivity index is 2.97. The van der Waals surface area contributed by atoms with Crippen molar-refractivity contribution in [3.8, 4) is 5.75 Å². The van der Waals surface area contributed by atoms with Crippen LogP contribution in [0.4, 0.5) is 5.69 Å². The molecule has 3 N–H and O–H groups in total. The number of aliphatic carboxylic acids is 1. The minimum absolute atomic E-state index is 0.121. The van der Waals surface area contributed by atoms with Gasteiger partial charge in [0.05, 0.1) is 0 Å². The summed E-state index contributed by atoms with van der Waals surface area (Å²) in [5.74, 6) is -1.35. The molecule has 1 unspecified atom stereocenters. The first-order valence-corrected chi connectivity index (χ1v) is 6.39. The number of amides is 1. The molecule has 6 nitrogen and oxygen atoms in total. The van der Waals surface area contributed by atoms with E-state index in [1.54, 1.807) is 18.2 Å². The van der Waals surface area contributed by atoms with Crippen molar-refractivity contribution in [2.75, 3.05) is 18.0 Å². The maximum atomic E-state index is 11.2. The van der Waals surface area contributed by atoms with Gasteiger partial charge in [-0.1, -0.05) is 6.07 Å². The van der Waals surface area contributed by atoms with Crippen LogP contribution in [0.25, 0.3) is 0 Å². The molecule has 0 spiro atoms. The van der Waals surface area contributed by atoms with Gasteiger partial charge in [-0.2, -0.15) is 0 Å². The molecule has 0 heterocycles. The second-order valence-electron chi connectivity index (χ2n) is 4.60. The first-order valence-electron chi connectivity index (χ1n) is 6.39. The third-order valence-corrected chi connectivity index (χ3v) is 2.99. The number of aryl methyl sites for hydroxylation is 1. The number of carboxylic acids is 1. The van der Waals surface area contributed by atoms with Crippen LogP contribution in [0.15, 0.2) is 18.2 Å². The molecule has 1 atom stereocenters. The number of likely N-dealkylation sites (N-methyl/N-ethyl adjacent to an activating group) is 1. The highest BCUT2D eigenvalue weighted by Gasteiger charge is 2.22. The maximum Gasteiger partial charge on any atom is 0.328 e. The van der Waals surface area contributed by atoms with Crippen molar-refractivity contribution in [3.63, 3.8) is 0 Å². The molecule has 110 valence electrons. The zero-order chi connectivity index (χ0) is 15.3. The predicted octanol–water partition coefficient (Wildman–Crippen LogP) is 1.12. The summed E-state index contributed by atoms with van der Waals surface area (Å²) in [6, 6.07) is 3.94. The van der Waals surface area contributed by atoms with Gasteiger partial charge in [-0.25, -0.2) is 4.79 Å². The van der Waals surface area contributed by atoms with Crippen LogP contribution in [0.5, 0.6) is 5.75 Å². The average Bonchev–Trinajstić information content (AvgIpc) is 2.37. The lowest BCUT2D eigenvalue weighted by Gasteiger charge is -2.28. The number of benzene rings is 1. The number of phenolic OH excluding ortho intramolecular Hbond substituents is 1. The van der Waals surface area contributed by atoms with Gasteiger partial charge >= 0.3 is 5.97 Å². The second-order valence-corrected chi connectivity index (χ2v) is 4.60. The molecule has 0 saturated carbocycles. The van der Waals surface area contributed by atoms with Crippen molar-refractivity contribution >= 4 is 17.6 Å². The molecule has 1 aromatic carbocycles. The lowest BCUT2D eigenvalue weighted by Crippen LogP contribution is -2.48. The Morgan fingerprint density at radius 2 is 2.05 bits per heavy atom. The summed E-state index contributed by atoms with van der Waals surface area (Å²) in [6.07, 6.45) is 0. The number of hydrogen-bond donors (Lipinski definition) is 3. The molecule has 0 bridgehead atoms. The Kier molecular flexibility index (Phi) is 5.37. The molecule has 1 rings (SSSR count). The van der Waals surface area contributed by atoms with Gasteiger partial charge in [0.15, 0.2) is 0 Å². The summed E-state index contributed by atoms with van der Waals surface area (Å²) >= 11 is 0. The number of phenols is 1. The van der Waals surface area contributed by atoms with E-state index >= 15 is 0 Å². The second kappa shape index (κ2) is 6.79. The van der Waals surface area contributed by atoms with E-state index in [1.807, 2.05) is 18.7 Å². The van der Waals surface area contributed by atoms with Crippen LogP contribution >= 0.6 is 0 Å².